The fraction of sp³-hybridized carbons (Fsp3) is 0.353. The van der Waals surface area contributed by atoms with Crippen LogP contribution in [0.1, 0.15) is 43.4 Å². The van der Waals surface area contributed by atoms with Gasteiger partial charge in [-0.15, -0.1) is 0 Å². The number of rotatable bonds is 6. The molecular weight excluding hydrogens is 303 g/mol. The molecular formula is C17H20Cl2N2. The molecule has 0 saturated carbocycles. The number of pyridine rings is 1. The molecule has 21 heavy (non-hydrogen) atoms. The van der Waals surface area contributed by atoms with Gasteiger partial charge in [-0.25, -0.2) is 4.98 Å². The fourth-order valence-electron chi connectivity index (χ4n) is 2.36. The summed E-state index contributed by atoms with van der Waals surface area (Å²) in [6.45, 7) is 4.19. The Morgan fingerprint density at radius 3 is 2.52 bits per heavy atom. The maximum atomic E-state index is 6.24. The standard InChI is InChI=1S/C17H20Cl2N2/c1-3-4-10-14(13-8-6-5-7-9-13)20-16-12(2)11-15(18)21-17(16)19/h5-9,11,14,20H,3-4,10H2,1-2H3. The predicted octanol–water partition coefficient (Wildman–Crippen LogP) is 6.04. The summed E-state index contributed by atoms with van der Waals surface area (Å²) in [5.41, 5.74) is 3.14. The summed E-state index contributed by atoms with van der Waals surface area (Å²) in [5, 5.41) is 4.39. The number of nitrogens with zero attached hydrogens (tertiary/aromatic N) is 1. The highest BCUT2D eigenvalue weighted by Crippen LogP contribution is 2.32. The van der Waals surface area contributed by atoms with Crippen LogP contribution in [0, 0.1) is 6.92 Å². The zero-order chi connectivity index (χ0) is 15.2. The van der Waals surface area contributed by atoms with E-state index in [2.05, 4.69) is 41.5 Å². The van der Waals surface area contributed by atoms with Crippen LogP contribution in [0.2, 0.25) is 10.3 Å². The lowest BCUT2D eigenvalue weighted by Crippen LogP contribution is -2.12. The molecule has 0 amide bonds. The molecule has 2 aromatic rings. The van der Waals surface area contributed by atoms with E-state index in [1.54, 1.807) is 0 Å². The highest BCUT2D eigenvalue weighted by atomic mass is 35.5. The Labute approximate surface area is 136 Å². The summed E-state index contributed by atoms with van der Waals surface area (Å²) in [7, 11) is 0. The van der Waals surface area contributed by atoms with Gasteiger partial charge in [-0.3, -0.25) is 0 Å². The van der Waals surface area contributed by atoms with Gasteiger partial charge in [-0.2, -0.15) is 0 Å². The van der Waals surface area contributed by atoms with E-state index in [4.69, 9.17) is 23.2 Å². The molecule has 4 heteroatoms. The second kappa shape index (κ2) is 7.67. The van der Waals surface area contributed by atoms with Crippen LogP contribution in [0.3, 0.4) is 0 Å². The number of aryl methyl sites for hydroxylation is 1. The average Bonchev–Trinajstić information content (AvgIpc) is 2.46. The van der Waals surface area contributed by atoms with Gasteiger partial charge in [-0.05, 0) is 30.5 Å². The van der Waals surface area contributed by atoms with Crippen LogP contribution in [0.25, 0.3) is 0 Å². The minimum Gasteiger partial charge on any atom is -0.376 e. The monoisotopic (exact) mass is 322 g/mol. The van der Waals surface area contributed by atoms with Crippen molar-refractivity contribution in [2.75, 3.05) is 5.32 Å². The van der Waals surface area contributed by atoms with E-state index < -0.39 is 0 Å². The largest absolute Gasteiger partial charge is 0.376 e. The van der Waals surface area contributed by atoms with E-state index in [1.165, 1.54) is 5.56 Å². The third kappa shape index (κ3) is 4.36. The van der Waals surface area contributed by atoms with E-state index in [0.717, 1.165) is 30.5 Å². The van der Waals surface area contributed by atoms with Crippen LogP contribution in [0.4, 0.5) is 5.69 Å². The molecule has 0 aliphatic carbocycles. The topological polar surface area (TPSA) is 24.9 Å². The summed E-state index contributed by atoms with van der Waals surface area (Å²) < 4.78 is 0. The maximum Gasteiger partial charge on any atom is 0.154 e. The second-order valence-corrected chi connectivity index (χ2v) is 5.92. The van der Waals surface area contributed by atoms with Crippen molar-refractivity contribution in [3.05, 3.63) is 57.8 Å². The molecule has 0 saturated heterocycles. The van der Waals surface area contributed by atoms with Crippen molar-refractivity contribution in [2.24, 2.45) is 0 Å². The summed E-state index contributed by atoms with van der Waals surface area (Å²) in [6.07, 6.45) is 3.37. The van der Waals surface area contributed by atoms with Crippen molar-refractivity contribution in [3.8, 4) is 0 Å². The number of anilines is 1. The maximum absolute atomic E-state index is 6.24. The fourth-order valence-corrected chi connectivity index (χ4v) is 2.94. The Morgan fingerprint density at radius 2 is 1.90 bits per heavy atom. The summed E-state index contributed by atoms with van der Waals surface area (Å²) in [4.78, 5) is 4.13. The lowest BCUT2D eigenvalue weighted by Gasteiger charge is -2.22. The number of hydrogen-bond donors (Lipinski definition) is 1. The van der Waals surface area contributed by atoms with Crippen molar-refractivity contribution in [3.63, 3.8) is 0 Å². The van der Waals surface area contributed by atoms with Gasteiger partial charge in [0, 0.05) is 0 Å². The predicted molar refractivity (Wildman–Crippen MR) is 91.3 cm³/mol. The van der Waals surface area contributed by atoms with Gasteiger partial charge in [0.1, 0.15) is 5.15 Å². The van der Waals surface area contributed by atoms with Crippen LogP contribution in [0.5, 0.6) is 0 Å². The lowest BCUT2D eigenvalue weighted by atomic mass is 10.0. The Morgan fingerprint density at radius 1 is 1.19 bits per heavy atom. The molecule has 0 aliphatic heterocycles. The van der Waals surface area contributed by atoms with Crippen LogP contribution in [-0.4, -0.2) is 4.98 Å². The molecule has 1 atom stereocenters. The molecule has 2 nitrogen and oxygen atoms in total. The first-order valence-electron chi connectivity index (χ1n) is 7.26. The molecule has 0 aliphatic rings. The van der Waals surface area contributed by atoms with Gasteiger partial charge in [0.2, 0.25) is 0 Å². The molecule has 112 valence electrons. The van der Waals surface area contributed by atoms with Crippen molar-refractivity contribution in [1.29, 1.82) is 0 Å². The van der Waals surface area contributed by atoms with E-state index in [0.29, 0.717) is 10.3 Å². The Kier molecular flexibility index (Phi) is 5.89. The van der Waals surface area contributed by atoms with Gasteiger partial charge >= 0.3 is 0 Å². The lowest BCUT2D eigenvalue weighted by molar-refractivity contribution is 0.634. The third-order valence-electron chi connectivity index (χ3n) is 3.51. The SMILES string of the molecule is CCCCC(Nc1c(C)cc(Cl)nc1Cl)c1ccccc1. The minimum atomic E-state index is 0.227. The molecule has 1 heterocycles. The van der Waals surface area contributed by atoms with E-state index in [1.807, 2.05) is 19.1 Å². The van der Waals surface area contributed by atoms with Gasteiger partial charge in [0.05, 0.1) is 11.7 Å². The number of hydrogen-bond acceptors (Lipinski definition) is 2. The molecule has 0 radical (unpaired) electrons. The van der Waals surface area contributed by atoms with E-state index >= 15 is 0 Å². The Balaban J connectivity index is 2.27. The zero-order valence-corrected chi connectivity index (χ0v) is 13.9. The molecule has 1 aromatic carbocycles. The molecule has 0 bridgehead atoms. The van der Waals surface area contributed by atoms with E-state index in [9.17, 15) is 0 Å². The second-order valence-electron chi connectivity index (χ2n) is 5.18. The van der Waals surface area contributed by atoms with Gasteiger partial charge < -0.3 is 5.32 Å². The summed E-state index contributed by atoms with van der Waals surface area (Å²) in [5.74, 6) is 0. The smallest absolute Gasteiger partial charge is 0.154 e. The molecule has 0 spiro atoms. The zero-order valence-electron chi connectivity index (χ0n) is 12.4. The highest BCUT2D eigenvalue weighted by Gasteiger charge is 2.15. The summed E-state index contributed by atoms with van der Waals surface area (Å²) in [6, 6.07) is 12.5. The number of benzene rings is 1. The normalized spacial score (nSPS) is 12.2. The summed E-state index contributed by atoms with van der Waals surface area (Å²) >= 11 is 12.2. The van der Waals surface area contributed by atoms with Crippen LogP contribution in [0.15, 0.2) is 36.4 Å². The molecule has 1 aromatic heterocycles. The third-order valence-corrected chi connectivity index (χ3v) is 3.98. The van der Waals surface area contributed by atoms with Gasteiger partial charge in [0.25, 0.3) is 0 Å². The van der Waals surface area contributed by atoms with Gasteiger partial charge in [-0.1, -0.05) is 73.3 Å². The molecule has 2 rings (SSSR count). The highest BCUT2D eigenvalue weighted by molar-refractivity contribution is 6.34. The Bertz CT molecular complexity index is 562. The van der Waals surface area contributed by atoms with Crippen molar-refractivity contribution in [2.45, 2.75) is 39.2 Å². The van der Waals surface area contributed by atoms with Gasteiger partial charge in [0.15, 0.2) is 5.15 Å². The van der Waals surface area contributed by atoms with Crippen LogP contribution < -0.4 is 5.32 Å². The number of aromatic nitrogens is 1. The van der Waals surface area contributed by atoms with Crippen LogP contribution in [-0.2, 0) is 0 Å². The number of unbranched alkanes of at least 4 members (excludes halogenated alkanes) is 1. The first kappa shape index (κ1) is 16.1. The van der Waals surface area contributed by atoms with Crippen molar-refractivity contribution < 1.29 is 0 Å². The number of nitrogens with one attached hydrogen (secondary N) is 1. The Hall–Kier alpha value is -1.25. The molecule has 1 unspecified atom stereocenters. The van der Waals surface area contributed by atoms with Crippen molar-refractivity contribution in [1.82, 2.24) is 4.98 Å². The first-order valence-corrected chi connectivity index (χ1v) is 8.01. The number of halogens is 2. The average molecular weight is 323 g/mol. The minimum absolute atomic E-state index is 0.227. The van der Waals surface area contributed by atoms with Crippen LogP contribution >= 0.6 is 23.2 Å². The molecule has 0 fully saturated rings. The first-order chi connectivity index (χ1) is 10.1. The molecule has 1 N–H and O–H groups in total. The van der Waals surface area contributed by atoms with Crippen molar-refractivity contribution >= 4 is 28.9 Å². The quantitative estimate of drug-likeness (QED) is 0.656. The van der Waals surface area contributed by atoms with E-state index in [-0.39, 0.29) is 6.04 Å².